The van der Waals surface area contributed by atoms with Crippen LogP contribution in [0, 0.1) is 5.82 Å². The van der Waals surface area contributed by atoms with Gasteiger partial charge in [0.2, 0.25) is 11.1 Å². The molecular formula is C17H14FN5O3S. The van der Waals surface area contributed by atoms with Gasteiger partial charge in [-0.25, -0.2) is 4.39 Å². The Morgan fingerprint density at radius 3 is 2.81 bits per heavy atom. The second-order valence-corrected chi connectivity index (χ2v) is 6.16. The first kappa shape index (κ1) is 18.5. The Kier molecular flexibility index (Phi) is 5.77. The number of nitrogens with zero attached hydrogens (tertiary/aromatic N) is 4. The second-order valence-electron chi connectivity index (χ2n) is 5.22. The van der Waals surface area contributed by atoms with Crippen LogP contribution < -0.4 is 10.1 Å². The van der Waals surface area contributed by atoms with Gasteiger partial charge in [0.25, 0.3) is 5.91 Å². The Labute approximate surface area is 157 Å². The lowest BCUT2D eigenvalue weighted by Gasteiger charge is -2.08. The van der Waals surface area contributed by atoms with E-state index in [-0.39, 0.29) is 11.3 Å². The van der Waals surface area contributed by atoms with E-state index in [1.807, 2.05) is 0 Å². The van der Waals surface area contributed by atoms with E-state index >= 15 is 0 Å². The first-order chi connectivity index (χ1) is 13.1. The summed E-state index contributed by atoms with van der Waals surface area (Å²) >= 11 is 1.02. The summed E-state index contributed by atoms with van der Waals surface area (Å²) < 4.78 is 19.8. The molecule has 0 atom stereocenters. The van der Waals surface area contributed by atoms with Crippen LogP contribution in [0.3, 0.4) is 0 Å². The maximum atomic E-state index is 13.4. The predicted octanol–water partition coefficient (Wildman–Crippen LogP) is 1.86. The van der Waals surface area contributed by atoms with E-state index in [1.165, 1.54) is 30.0 Å². The number of imide groups is 1. The van der Waals surface area contributed by atoms with Crippen LogP contribution in [0.15, 0.2) is 53.7 Å². The minimum Gasteiger partial charge on any atom is -0.496 e. The summed E-state index contributed by atoms with van der Waals surface area (Å²) in [6.07, 6.45) is 0. The number of hydrogen-bond acceptors (Lipinski definition) is 7. The molecule has 2 amide bonds. The lowest BCUT2D eigenvalue weighted by molar-refractivity contribution is -0.117. The Morgan fingerprint density at radius 1 is 1.22 bits per heavy atom. The summed E-state index contributed by atoms with van der Waals surface area (Å²) in [6, 6.07) is 12.3. The van der Waals surface area contributed by atoms with Crippen molar-refractivity contribution < 1.29 is 18.7 Å². The Bertz CT molecular complexity index is 978. The first-order valence-electron chi connectivity index (χ1n) is 7.73. The van der Waals surface area contributed by atoms with E-state index in [1.54, 1.807) is 30.3 Å². The van der Waals surface area contributed by atoms with E-state index < -0.39 is 17.6 Å². The van der Waals surface area contributed by atoms with Gasteiger partial charge in [-0.1, -0.05) is 30.0 Å². The van der Waals surface area contributed by atoms with Crippen LogP contribution in [0.5, 0.6) is 5.75 Å². The SMILES string of the molecule is COc1ccccc1C(=O)NC(=O)CSc1nnnn1-c1cccc(F)c1. The number of thioether (sulfide) groups is 1. The maximum absolute atomic E-state index is 13.4. The van der Waals surface area contributed by atoms with Gasteiger partial charge >= 0.3 is 0 Å². The highest BCUT2D eigenvalue weighted by atomic mass is 32.2. The quantitative estimate of drug-likeness (QED) is 0.645. The fraction of sp³-hybridized carbons (Fsp3) is 0.118. The molecule has 0 saturated carbocycles. The third kappa shape index (κ3) is 4.47. The summed E-state index contributed by atoms with van der Waals surface area (Å²) in [4.78, 5) is 24.3. The lowest BCUT2D eigenvalue weighted by atomic mass is 10.2. The monoisotopic (exact) mass is 387 g/mol. The number of hydrogen-bond donors (Lipinski definition) is 1. The average molecular weight is 387 g/mol. The van der Waals surface area contributed by atoms with E-state index in [2.05, 4.69) is 20.8 Å². The van der Waals surface area contributed by atoms with E-state index in [0.29, 0.717) is 16.6 Å². The number of amides is 2. The molecule has 8 nitrogen and oxygen atoms in total. The Morgan fingerprint density at radius 2 is 2.04 bits per heavy atom. The Balaban J connectivity index is 1.64. The number of nitrogens with one attached hydrogen (secondary N) is 1. The molecule has 1 heterocycles. The summed E-state index contributed by atoms with van der Waals surface area (Å²) in [5.41, 5.74) is 0.677. The van der Waals surface area contributed by atoms with Gasteiger partial charge in [-0.3, -0.25) is 14.9 Å². The number of methoxy groups -OCH3 is 1. The minimum atomic E-state index is -0.567. The van der Waals surface area contributed by atoms with Crippen LogP contribution in [0.4, 0.5) is 4.39 Å². The molecule has 0 aliphatic rings. The van der Waals surface area contributed by atoms with Crippen molar-refractivity contribution in [3.05, 3.63) is 59.9 Å². The van der Waals surface area contributed by atoms with Crippen LogP contribution in [0.1, 0.15) is 10.4 Å². The number of halogens is 1. The minimum absolute atomic E-state index is 0.101. The van der Waals surface area contributed by atoms with Gasteiger partial charge in [0.05, 0.1) is 24.1 Å². The van der Waals surface area contributed by atoms with Crippen molar-refractivity contribution in [2.24, 2.45) is 0 Å². The van der Waals surface area contributed by atoms with Gasteiger partial charge < -0.3 is 4.74 Å². The lowest BCUT2D eigenvalue weighted by Crippen LogP contribution is -2.32. The van der Waals surface area contributed by atoms with Crippen molar-refractivity contribution in [3.8, 4) is 11.4 Å². The predicted molar refractivity (Wildman–Crippen MR) is 95.3 cm³/mol. The van der Waals surface area contributed by atoms with Gasteiger partial charge in [0.15, 0.2) is 0 Å². The number of aromatic nitrogens is 4. The second kappa shape index (κ2) is 8.41. The first-order valence-corrected chi connectivity index (χ1v) is 8.71. The standard InChI is InChI=1S/C17H14FN5O3S/c1-26-14-8-3-2-7-13(14)16(25)19-15(24)10-27-17-20-21-22-23(17)12-6-4-5-11(18)9-12/h2-9H,10H2,1H3,(H,19,24,25). The number of para-hydroxylation sites is 1. The van der Waals surface area contributed by atoms with Crippen molar-refractivity contribution in [1.29, 1.82) is 0 Å². The zero-order valence-electron chi connectivity index (χ0n) is 14.1. The van der Waals surface area contributed by atoms with Gasteiger partial charge in [0, 0.05) is 0 Å². The van der Waals surface area contributed by atoms with Crippen molar-refractivity contribution in [1.82, 2.24) is 25.5 Å². The molecule has 0 saturated heterocycles. The molecule has 3 rings (SSSR count). The average Bonchev–Trinajstić information content (AvgIpc) is 3.15. The number of tetrazole rings is 1. The highest BCUT2D eigenvalue weighted by molar-refractivity contribution is 7.99. The molecule has 0 spiro atoms. The summed E-state index contributed by atoms with van der Waals surface area (Å²) in [7, 11) is 1.44. The molecule has 10 heteroatoms. The maximum Gasteiger partial charge on any atom is 0.261 e. The summed E-state index contributed by atoms with van der Waals surface area (Å²) in [5.74, 6) is -1.26. The molecule has 138 valence electrons. The van der Waals surface area contributed by atoms with Crippen LogP contribution >= 0.6 is 11.8 Å². The van der Waals surface area contributed by atoms with Crippen molar-refractivity contribution in [3.63, 3.8) is 0 Å². The molecule has 0 aliphatic heterocycles. The number of carbonyl (C=O) groups is 2. The fourth-order valence-corrected chi connectivity index (χ4v) is 2.92. The molecule has 2 aromatic carbocycles. The smallest absolute Gasteiger partial charge is 0.261 e. The molecule has 0 unspecified atom stereocenters. The molecule has 1 aromatic heterocycles. The third-order valence-electron chi connectivity index (χ3n) is 3.43. The van der Waals surface area contributed by atoms with E-state index in [4.69, 9.17) is 4.74 Å². The molecule has 3 aromatic rings. The van der Waals surface area contributed by atoms with Gasteiger partial charge in [-0.2, -0.15) is 4.68 Å². The van der Waals surface area contributed by atoms with E-state index in [9.17, 15) is 14.0 Å². The molecule has 0 fully saturated rings. The summed E-state index contributed by atoms with van der Waals surface area (Å²) in [6.45, 7) is 0. The normalized spacial score (nSPS) is 10.4. The zero-order valence-corrected chi connectivity index (χ0v) is 14.9. The van der Waals surface area contributed by atoms with Gasteiger partial charge in [0.1, 0.15) is 11.6 Å². The molecule has 0 bridgehead atoms. The molecule has 0 aliphatic carbocycles. The zero-order chi connectivity index (χ0) is 19.2. The van der Waals surface area contributed by atoms with Gasteiger partial charge in [-0.05, 0) is 40.8 Å². The molecule has 1 N–H and O–H groups in total. The molecule has 0 radical (unpaired) electrons. The van der Waals surface area contributed by atoms with Crippen molar-refractivity contribution in [2.75, 3.05) is 12.9 Å². The number of carbonyl (C=O) groups excluding carboxylic acids is 2. The van der Waals surface area contributed by atoms with Crippen LogP contribution in [-0.2, 0) is 4.79 Å². The molecule has 27 heavy (non-hydrogen) atoms. The van der Waals surface area contributed by atoms with Crippen LogP contribution in [0.2, 0.25) is 0 Å². The summed E-state index contributed by atoms with van der Waals surface area (Å²) in [5, 5.41) is 13.7. The molecular weight excluding hydrogens is 373 g/mol. The number of rotatable bonds is 6. The topological polar surface area (TPSA) is 99.0 Å². The third-order valence-corrected chi connectivity index (χ3v) is 4.35. The van der Waals surface area contributed by atoms with E-state index in [0.717, 1.165) is 11.8 Å². The van der Waals surface area contributed by atoms with Gasteiger partial charge in [-0.15, -0.1) is 5.10 Å². The van der Waals surface area contributed by atoms with Crippen LogP contribution in [0.25, 0.3) is 5.69 Å². The Hall–Kier alpha value is -3.27. The fourth-order valence-electron chi connectivity index (χ4n) is 2.23. The van der Waals surface area contributed by atoms with Crippen molar-refractivity contribution >= 4 is 23.6 Å². The number of ether oxygens (including phenoxy) is 1. The number of benzene rings is 2. The van der Waals surface area contributed by atoms with Crippen LogP contribution in [-0.4, -0.2) is 44.9 Å². The highest BCUT2D eigenvalue weighted by Crippen LogP contribution is 2.19. The van der Waals surface area contributed by atoms with Crippen molar-refractivity contribution in [2.45, 2.75) is 5.16 Å². The highest BCUT2D eigenvalue weighted by Gasteiger charge is 2.16. The largest absolute Gasteiger partial charge is 0.496 e.